The molecule has 0 N–H and O–H groups in total. The van der Waals surface area contributed by atoms with Crippen molar-refractivity contribution in [3.8, 4) is 17.1 Å². The molecule has 10 heteroatoms. The summed E-state index contributed by atoms with van der Waals surface area (Å²) in [6.45, 7) is 3.92. The molecule has 0 radical (unpaired) electrons. The lowest BCUT2D eigenvalue weighted by Crippen LogP contribution is -2.51. The number of halogens is 1. The van der Waals surface area contributed by atoms with Gasteiger partial charge in [-0.25, -0.2) is 9.18 Å². The molecule has 3 aromatic rings. The van der Waals surface area contributed by atoms with Crippen LogP contribution < -0.4 is 0 Å². The van der Waals surface area contributed by atoms with Crippen molar-refractivity contribution >= 4 is 23.8 Å². The van der Waals surface area contributed by atoms with E-state index in [-0.39, 0.29) is 23.6 Å². The van der Waals surface area contributed by atoms with E-state index in [1.165, 1.54) is 23.9 Å². The highest BCUT2D eigenvalue weighted by atomic mass is 32.2. The first kappa shape index (κ1) is 22.8. The molecule has 0 aliphatic carbocycles. The number of ether oxygens (including phenoxy) is 1. The van der Waals surface area contributed by atoms with E-state index in [2.05, 4.69) is 10.2 Å². The Balaban J connectivity index is 1.47. The summed E-state index contributed by atoms with van der Waals surface area (Å²) in [5, 5.41) is 9.19. The zero-order valence-electron chi connectivity index (χ0n) is 18.2. The number of nitrogens with zero attached hydrogens (tertiary/aromatic N) is 5. The smallest absolute Gasteiger partial charge is 0.409 e. The van der Waals surface area contributed by atoms with Crippen LogP contribution in [0.15, 0.2) is 59.8 Å². The first-order chi connectivity index (χ1) is 16.1. The number of rotatable bonds is 6. The van der Waals surface area contributed by atoms with Crippen LogP contribution in [0, 0.1) is 5.82 Å². The Hall–Kier alpha value is -3.40. The Morgan fingerprint density at radius 1 is 0.970 bits per heavy atom. The van der Waals surface area contributed by atoms with Gasteiger partial charge >= 0.3 is 6.09 Å². The van der Waals surface area contributed by atoms with Crippen molar-refractivity contribution in [2.45, 2.75) is 12.1 Å². The zero-order valence-corrected chi connectivity index (χ0v) is 19.0. The summed E-state index contributed by atoms with van der Waals surface area (Å²) in [6.07, 6.45) is -0.344. The summed E-state index contributed by atoms with van der Waals surface area (Å²) in [5.41, 5.74) is 1.57. The lowest BCUT2D eigenvalue weighted by molar-refractivity contribution is -0.129. The minimum absolute atomic E-state index is 0.0329. The molecule has 1 fully saturated rings. The largest absolute Gasteiger partial charge is 0.450 e. The molecule has 1 saturated heterocycles. The Kier molecular flexibility index (Phi) is 7.23. The number of aromatic nitrogens is 3. The van der Waals surface area contributed by atoms with Crippen LogP contribution in [0.25, 0.3) is 17.1 Å². The molecule has 2 heterocycles. The predicted molar refractivity (Wildman–Crippen MR) is 123 cm³/mol. The predicted octanol–water partition coefficient (Wildman–Crippen LogP) is 3.47. The second-order valence-corrected chi connectivity index (χ2v) is 8.28. The van der Waals surface area contributed by atoms with Gasteiger partial charge in [0, 0.05) is 37.4 Å². The van der Waals surface area contributed by atoms with E-state index in [0.29, 0.717) is 43.8 Å². The molecule has 2 aromatic carbocycles. The number of piperazine rings is 1. The van der Waals surface area contributed by atoms with Crippen LogP contribution in [0.3, 0.4) is 0 Å². The Morgan fingerprint density at radius 3 is 2.30 bits per heavy atom. The third-order valence-electron chi connectivity index (χ3n) is 5.23. The fourth-order valence-corrected chi connectivity index (χ4v) is 4.38. The fraction of sp³-hybridized carbons (Fsp3) is 0.304. The average molecular weight is 470 g/mol. The molecule has 8 nitrogen and oxygen atoms in total. The summed E-state index contributed by atoms with van der Waals surface area (Å²) in [4.78, 5) is 28.0. The molecule has 0 bridgehead atoms. The summed E-state index contributed by atoms with van der Waals surface area (Å²) in [5.74, 6) is 0.398. The molecular formula is C23H24FN5O3S. The van der Waals surface area contributed by atoms with Gasteiger partial charge in [-0.3, -0.25) is 9.36 Å². The molecule has 0 atom stereocenters. The Morgan fingerprint density at radius 2 is 1.64 bits per heavy atom. The number of carbonyl (C=O) groups is 2. The first-order valence-electron chi connectivity index (χ1n) is 10.7. The maximum atomic E-state index is 13.4. The standard InChI is InChI=1S/C23H24FN5O3S/c1-2-32-23(31)28-14-12-27(13-15-28)20(30)16-33-22-26-25-21(17-8-10-18(24)11-9-17)29(22)19-6-4-3-5-7-19/h3-11H,2,12-16H2,1H3. The van der Waals surface area contributed by atoms with Gasteiger partial charge in [-0.05, 0) is 43.3 Å². The van der Waals surface area contributed by atoms with Gasteiger partial charge in [0.2, 0.25) is 5.91 Å². The van der Waals surface area contributed by atoms with Gasteiger partial charge < -0.3 is 14.5 Å². The number of benzene rings is 2. The van der Waals surface area contributed by atoms with Gasteiger partial charge in [-0.1, -0.05) is 30.0 Å². The minimum atomic E-state index is -0.344. The number of amides is 2. The average Bonchev–Trinajstić information content (AvgIpc) is 3.27. The van der Waals surface area contributed by atoms with Gasteiger partial charge in [0.05, 0.1) is 12.4 Å². The van der Waals surface area contributed by atoms with Crippen LogP contribution in [-0.2, 0) is 9.53 Å². The maximum Gasteiger partial charge on any atom is 0.409 e. The highest BCUT2D eigenvalue weighted by molar-refractivity contribution is 7.99. The van der Waals surface area contributed by atoms with Crippen molar-refractivity contribution < 1.29 is 18.7 Å². The molecule has 33 heavy (non-hydrogen) atoms. The summed E-state index contributed by atoms with van der Waals surface area (Å²) in [7, 11) is 0. The quantitative estimate of drug-likeness (QED) is 0.515. The molecule has 0 spiro atoms. The molecule has 172 valence electrons. The summed E-state index contributed by atoms with van der Waals surface area (Å²) >= 11 is 1.30. The lowest BCUT2D eigenvalue weighted by atomic mass is 10.2. The van der Waals surface area contributed by atoms with Gasteiger partial charge in [-0.2, -0.15) is 0 Å². The van der Waals surface area contributed by atoms with Gasteiger partial charge in [-0.15, -0.1) is 10.2 Å². The molecule has 0 unspecified atom stereocenters. The van der Waals surface area contributed by atoms with Gasteiger partial charge in [0.1, 0.15) is 5.82 Å². The van der Waals surface area contributed by atoms with Crippen molar-refractivity contribution in [3.63, 3.8) is 0 Å². The number of carbonyl (C=O) groups excluding carboxylic acids is 2. The van der Waals surface area contributed by atoms with E-state index in [1.807, 2.05) is 34.9 Å². The monoisotopic (exact) mass is 469 g/mol. The second kappa shape index (κ2) is 10.5. The van der Waals surface area contributed by atoms with Crippen LogP contribution in [-0.4, -0.2) is 75.1 Å². The fourth-order valence-electron chi connectivity index (χ4n) is 3.53. The number of hydrogen-bond donors (Lipinski definition) is 0. The summed E-state index contributed by atoms with van der Waals surface area (Å²) in [6, 6.07) is 15.7. The van der Waals surface area contributed by atoms with E-state index < -0.39 is 0 Å². The highest BCUT2D eigenvalue weighted by Gasteiger charge is 2.25. The molecule has 2 amide bonds. The molecule has 1 aromatic heterocycles. The summed E-state index contributed by atoms with van der Waals surface area (Å²) < 4.78 is 20.3. The number of thioether (sulfide) groups is 1. The Labute approximate surface area is 195 Å². The topological polar surface area (TPSA) is 80.6 Å². The van der Waals surface area contributed by atoms with Crippen LogP contribution in [0.5, 0.6) is 0 Å². The van der Waals surface area contributed by atoms with Crippen LogP contribution >= 0.6 is 11.8 Å². The van der Waals surface area contributed by atoms with Crippen LogP contribution in [0.4, 0.5) is 9.18 Å². The molecule has 0 saturated carbocycles. The molecule has 1 aliphatic rings. The molecule has 4 rings (SSSR count). The Bertz CT molecular complexity index is 1100. The van der Waals surface area contributed by atoms with Gasteiger partial charge in [0.25, 0.3) is 0 Å². The van der Waals surface area contributed by atoms with Crippen LogP contribution in [0.2, 0.25) is 0 Å². The van der Waals surface area contributed by atoms with Crippen molar-refractivity contribution in [1.29, 1.82) is 0 Å². The second-order valence-electron chi connectivity index (χ2n) is 7.34. The van der Waals surface area contributed by atoms with E-state index in [9.17, 15) is 14.0 Å². The van der Waals surface area contributed by atoms with E-state index >= 15 is 0 Å². The van der Waals surface area contributed by atoms with E-state index in [4.69, 9.17) is 4.74 Å². The van der Waals surface area contributed by atoms with Crippen molar-refractivity contribution in [2.24, 2.45) is 0 Å². The van der Waals surface area contributed by atoms with Crippen LogP contribution in [0.1, 0.15) is 6.92 Å². The number of hydrogen-bond acceptors (Lipinski definition) is 6. The van der Waals surface area contributed by atoms with Gasteiger partial charge in [0.15, 0.2) is 11.0 Å². The van der Waals surface area contributed by atoms with E-state index in [1.54, 1.807) is 28.9 Å². The van der Waals surface area contributed by atoms with Crippen molar-refractivity contribution in [2.75, 3.05) is 38.5 Å². The third-order valence-corrected chi connectivity index (χ3v) is 6.15. The van der Waals surface area contributed by atoms with Crippen molar-refractivity contribution in [3.05, 3.63) is 60.4 Å². The molecule has 1 aliphatic heterocycles. The van der Waals surface area contributed by atoms with E-state index in [0.717, 1.165) is 11.3 Å². The normalized spacial score (nSPS) is 13.8. The lowest BCUT2D eigenvalue weighted by Gasteiger charge is -2.34. The zero-order chi connectivity index (χ0) is 23.2. The molecular weight excluding hydrogens is 445 g/mol. The maximum absolute atomic E-state index is 13.4. The third kappa shape index (κ3) is 5.33. The number of para-hydroxylation sites is 1. The highest BCUT2D eigenvalue weighted by Crippen LogP contribution is 2.28. The van der Waals surface area contributed by atoms with Crippen molar-refractivity contribution in [1.82, 2.24) is 24.6 Å². The first-order valence-corrected chi connectivity index (χ1v) is 11.6. The minimum Gasteiger partial charge on any atom is -0.450 e. The SMILES string of the molecule is CCOC(=O)N1CCN(C(=O)CSc2nnc(-c3ccc(F)cc3)n2-c2ccccc2)CC1.